The molecule has 4 nitrogen and oxygen atoms in total. The minimum atomic E-state index is -4.27. The number of methoxy groups -OCH3 is 1. The Morgan fingerprint density at radius 2 is 0.741 bits per heavy atom. The first-order valence-corrected chi connectivity index (χ1v) is 29.0. The molecule has 0 heterocycles. The van der Waals surface area contributed by atoms with Crippen molar-refractivity contribution in [3.63, 3.8) is 0 Å². The summed E-state index contributed by atoms with van der Waals surface area (Å²) < 4.78 is 36.1. The third kappa shape index (κ3) is 17.3. The van der Waals surface area contributed by atoms with E-state index >= 15 is 0 Å². The number of rotatable bonds is 8. The van der Waals surface area contributed by atoms with Crippen molar-refractivity contribution >= 4 is 26.0 Å². The van der Waals surface area contributed by atoms with Crippen LogP contribution in [0.3, 0.4) is 0 Å². The average molecular weight is 900 g/mol. The Hall–Kier alpha value is -0.496. The second-order valence-corrected chi connectivity index (χ2v) is 27.0. The van der Waals surface area contributed by atoms with Gasteiger partial charge in [-0.15, -0.1) is 12.1 Å². The zero-order valence-corrected chi connectivity index (χ0v) is 40.5. The summed E-state index contributed by atoms with van der Waals surface area (Å²) in [6, 6.07) is 16.0. The summed E-state index contributed by atoms with van der Waals surface area (Å²) in [7, 11) is -2.71. The molecule has 8 heteroatoms. The van der Waals surface area contributed by atoms with E-state index in [2.05, 4.69) is 6.07 Å². The Bertz CT molecular complexity index is 1280. The number of aryl methyl sites for hydroxylation is 1. The number of ether oxygens (including phenoxy) is 1. The van der Waals surface area contributed by atoms with E-state index in [1.54, 1.807) is 212 Å². The van der Waals surface area contributed by atoms with Gasteiger partial charge in [-0.3, -0.25) is 0 Å². The Labute approximate surface area is 369 Å². The zero-order valence-electron chi connectivity index (χ0n) is 36.7. The van der Waals surface area contributed by atoms with Crippen LogP contribution in [0.25, 0.3) is 0 Å². The standard InChI is InChI=1S/2C18H33P.C7H8O3S.C7H7O.Ni/c2*1-4-10-16(11-5-1)19(17-12-6-2-7-13-17)18-14-8-3-9-15-18;1-6-2-4-7(5-3-6)11(8,9)10;1-8-7-5-3-2-4-6-7;/h2*16-18H,1-15H2;2-5H,1H3,(H,8,9,10);3-6H,1H3;/q;;;-1;+2/p+1. The maximum Gasteiger partial charge on any atom is 2.00 e. The summed E-state index contributed by atoms with van der Waals surface area (Å²) in [5, 5.41) is 0. The van der Waals surface area contributed by atoms with E-state index in [0.717, 1.165) is 11.3 Å². The minimum absolute atomic E-state index is 0. The Balaban J connectivity index is 0.000000179. The second kappa shape index (κ2) is 28.2. The molecule has 0 aliphatic heterocycles. The van der Waals surface area contributed by atoms with Crippen LogP contribution < -0.4 is 4.74 Å². The van der Waals surface area contributed by atoms with Gasteiger partial charge in [0.25, 0.3) is 0 Å². The largest absolute Gasteiger partial charge is 2.00 e. The number of hydrogen-bond acceptors (Lipinski definition) is 4. The fraction of sp³-hybridized carbons (Fsp3) is 0.760. The molecule has 0 aromatic heterocycles. The number of hydrogen-bond donors (Lipinski definition) is 0. The first kappa shape index (κ1) is 50.2. The Kier molecular flexibility index (Phi) is 24.4. The van der Waals surface area contributed by atoms with Gasteiger partial charge in [0.15, 0.2) is 0 Å². The van der Waals surface area contributed by atoms with Crippen LogP contribution in [-0.2, 0) is 26.6 Å². The average Bonchev–Trinajstić information content (AvgIpc) is 3.27. The van der Waals surface area contributed by atoms with Crippen LogP contribution in [0.1, 0.15) is 198 Å². The minimum Gasteiger partial charge on any atom is -0.744 e. The van der Waals surface area contributed by atoms with E-state index in [9.17, 15) is 13.0 Å². The molecule has 0 radical (unpaired) electrons. The molecule has 0 bridgehead atoms. The smallest absolute Gasteiger partial charge is 0.744 e. The third-order valence-electron chi connectivity index (χ3n) is 14.7. The monoisotopic (exact) mass is 898 g/mol. The van der Waals surface area contributed by atoms with E-state index in [4.69, 9.17) is 4.74 Å². The quantitative estimate of drug-likeness (QED) is 0.115. The van der Waals surface area contributed by atoms with Gasteiger partial charge in [-0.05, 0) is 173 Å². The van der Waals surface area contributed by atoms with Crippen molar-refractivity contribution in [3.8, 4) is 5.75 Å². The first-order valence-electron chi connectivity index (χ1n) is 24.1. The van der Waals surface area contributed by atoms with Crippen LogP contribution >= 0.6 is 15.8 Å². The first-order chi connectivity index (χ1) is 27.8. The topological polar surface area (TPSA) is 66.4 Å². The van der Waals surface area contributed by atoms with Crippen molar-refractivity contribution in [2.24, 2.45) is 0 Å². The summed E-state index contributed by atoms with van der Waals surface area (Å²) in [5.41, 5.74) is 8.29. The molecular weight excluding hydrogens is 817 g/mol. The molecule has 0 amide bonds. The van der Waals surface area contributed by atoms with Crippen LogP contribution in [0.5, 0.6) is 5.75 Å². The van der Waals surface area contributed by atoms with Crippen molar-refractivity contribution in [1.82, 2.24) is 0 Å². The van der Waals surface area contributed by atoms with Gasteiger partial charge in [0.05, 0.1) is 46.0 Å². The van der Waals surface area contributed by atoms with Crippen molar-refractivity contribution in [2.75, 3.05) is 7.11 Å². The summed E-state index contributed by atoms with van der Waals surface area (Å²) >= 11 is 0. The van der Waals surface area contributed by atoms with E-state index in [-0.39, 0.29) is 37.2 Å². The summed E-state index contributed by atoms with van der Waals surface area (Å²) in [5.74, 6) is 0.878. The molecule has 6 fully saturated rings. The molecule has 0 unspecified atom stereocenters. The molecule has 0 N–H and O–H groups in total. The summed E-state index contributed by atoms with van der Waals surface area (Å²) in [4.78, 5) is -0.178. The molecule has 2 aromatic rings. The molecule has 6 saturated carbocycles. The van der Waals surface area contributed by atoms with Crippen LogP contribution in [-0.4, -0.2) is 54.0 Å². The van der Waals surface area contributed by atoms with Crippen LogP contribution in [0.2, 0.25) is 0 Å². The van der Waals surface area contributed by atoms with Crippen molar-refractivity contribution in [3.05, 3.63) is 60.2 Å². The molecule has 330 valence electrons. The number of benzene rings is 2. The van der Waals surface area contributed by atoms with Gasteiger partial charge >= 0.3 is 16.5 Å². The molecule has 8 rings (SSSR count). The molecule has 0 saturated heterocycles. The van der Waals surface area contributed by atoms with Gasteiger partial charge in [0, 0.05) is 21.6 Å². The molecule has 6 aliphatic rings. The van der Waals surface area contributed by atoms with E-state index in [1.165, 1.54) is 46.1 Å². The Morgan fingerprint density at radius 3 is 0.948 bits per heavy atom. The van der Waals surface area contributed by atoms with Gasteiger partial charge < -0.3 is 9.29 Å². The summed E-state index contributed by atoms with van der Waals surface area (Å²) in [6.07, 6.45) is 47.6. The normalized spacial score (nSPS) is 22.3. The van der Waals surface area contributed by atoms with Crippen molar-refractivity contribution in [1.29, 1.82) is 0 Å². The van der Waals surface area contributed by atoms with Crippen LogP contribution in [0.4, 0.5) is 0 Å². The molecule has 2 aromatic carbocycles. The van der Waals surface area contributed by atoms with Crippen molar-refractivity contribution < 1.29 is 34.2 Å². The predicted molar refractivity (Wildman–Crippen MR) is 249 cm³/mol. The van der Waals surface area contributed by atoms with Crippen LogP contribution in [0.15, 0.2) is 53.4 Å². The van der Waals surface area contributed by atoms with E-state index in [0.29, 0.717) is 0 Å². The maximum atomic E-state index is 10.4. The van der Waals surface area contributed by atoms with Crippen molar-refractivity contribution in [2.45, 2.75) is 238 Å². The van der Waals surface area contributed by atoms with E-state index < -0.39 is 10.1 Å². The van der Waals surface area contributed by atoms with Gasteiger partial charge in [0.2, 0.25) is 0 Å². The zero-order chi connectivity index (χ0) is 40.1. The fourth-order valence-electron chi connectivity index (χ4n) is 11.8. The second-order valence-electron chi connectivity index (χ2n) is 18.7. The van der Waals surface area contributed by atoms with Gasteiger partial charge in [-0.25, -0.2) is 8.42 Å². The SMILES string of the molecule is C1CCC([PH+](C2CCCCC2)C2CCCCC2)CC1.C1CCC([PH+](C2CCCCC2)C2CCCCC2)CC1.COc1cc[c-]cc1.Cc1ccc(S(=O)(=O)[O-])cc1.[Ni+2]. The van der Waals surface area contributed by atoms with Gasteiger partial charge in [0.1, 0.15) is 10.1 Å². The molecule has 58 heavy (non-hydrogen) atoms. The van der Waals surface area contributed by atoms with Gasteiger partial charge in [-0.1, -0.05) is 56.2 Å². The summed E-state index contributed by atoms with van der Waals surface area (Å²) in [6.45, 7) is 1.82. The molecule has 0 atom stereocenters. The van der Waals surface area contributed by atoms with Crippen LogP contribution in [0, 0.1) is 13.0 Å². The third-order valence-corrected chi connectivity index (χ3v) is 24.7. The predicted octanol–water partition coefficient (Wildman–Crippen LogP) is 14.8. The molecule has 6 aliphatic carbocycles. The van der Waals surface area contributed by atoms with E-state index in [1.807, 2.05) is 31.2 Å². The fourth-order valence-corrected chi connectivity index (χ4v) is 22.7. The molecular formula is C50H82NiO4P2S+2. The Morgan fingerprint density at radius 1 is 0.483 bits per heavy atom. The van der Waals surface area contributed by atoms with Gasteiger partial charge in [-0.2, -0.15) is 18.2 Å². The maximum absolute atomic E-state index is 10.4. The molecule has 0 spiro atoms.